The average Bonchev–Trinajstić information content (AvgIpc) is 1.98. The van der Waals surface area contributed by atoms with Crippen molar-refractivity contribution in [3.8, 4) is 0 Å². The van der Waals surface area contributed by atoms with Crippen molar-refractivity contribution in [2.24, 2.45) is 0 Å². The van der Waals surface area contributed by atoms with Crippen molar-refractivity contribution >= 4 is 0 Å². The van der Waals surface area contributed by atoms with Gasteiger partial charge in [0.2, 0.25) is 5.83 Å². The van der Waals surface area contributed by atoms with Gasteiger partial charge in [0.1, 0.15) is 0 Å². The van der Waals surface area contributed by atoms with Crippen molar-refractivity contribution in [2.75, 3.05) is 0 Å². The van der Waals surface area contributed by atoms with Crippen LogP contribution in [0, 0.1) is 0 Å². The summed E-state index contributed by atoms with van der Waals surface area (Å²) in [4.78, 5) is 0. The third kappa shape index (κ3) is 3.22. The van der Waals surface area contributed by atoms with E-state index < -0.39 is 36.1 Å². The quantitative estimate of drug-likeness (QED) is 0.665. The van der Waals surface area contributed by atoms with Gasteiger partial charge in [-0.25, -0.2) is 4.39 Å². The van der Waals surface area contributed by atoms with Crippen molar-refractivity contribution in [3.05, 3.63) is 11.9 Å². The number of hydrogen-bond donors (Lipinski definition) is 0. The molecule has 0 radical (unpaired) electrons. The first kappa shape index (κ1) is 16.0. The van der Waals surface area contributed by atoms with E-state index >= 15 is 0 Å². The molecule has 0 N–H and O–H groups in total. The maximum absolute atomic E-state index is 12.2. The van der Waals surface area contributed by atoms with Gasteiger partial charge in [0.15, 0.2) is 0 Å². The summed E-state index contributed by atoms with van der Waals surface area (Å²) in [6, 6.07) is 0. The second kappa shape index (κ2) is 4.02. The topological polar surface area (TPSA) is 0 Å². The Labute approximate surface area is 85.7 Å². The highest BCUT2D eigenvalue weighted by molar-refractivity contribution is 5.12. The maximum atomic E-state index is 12.2. The van der Waals surface area contributed by atoms with Crippen LogP contribution in [-0.2, 0) is 0 Å². The molecule has 0 saturated carbocycles. The van der Waals surface area contributed by atoms with Gasteiger partial charge in [0.25, 0.3) is 0 Å². The highest BCUT2D eigenvalue weighted by Crippen LogP contribution is 2.48. The highest BCUT2D eigenvalue weighted by Gasteiger charge is 2.72. The van der Waals surface area contributed by atoms with E-state index in [0.29, 0.717) is 0 Å². The van der Waals surface area contributed by atoms with E-state index in [4.69, 9.17) is 0 Å². The van der Waals surface area contributed by atoms with Crippen molar-refractivity contribution in [3.63, 3.8) is 0 Å². The fraction of sp³-hybridized carbons (Fsp3) is 0.667. The fourth-order valence-corrected chi connectivity index (χ4v) is 0.521. The lowest BCUT2D eigenvalue weighted by Crippen LogP contribution is -2.51. The van der Waals surface area contributed by atoms with Crippen LogP contribution >= 0.6 is 0 Å². The van der Waals surface area contributed by atoms with Gasteiger partial charge in [-0.05, 0) is 0 Å². The lowest BCUT2D eigenvalue weighted by atomic mass is 10.1. The molecule has 0 fully saturated rings. The Bertz CT molecular complexity index is 303. The molecule has 0 rings (SSSR count). The van der Waals surface area contributed by atoms with Crippen LogP contribution in [-0.4, -0.2) is 24.2 Å². The second-order valence-corrected chi connectivity index (χ2v) is 2.69. The smallest absolute Gasteiger partial charge is 0.202 e. The Morgan fingerprint density at radius 2 is 1.06 bits per heavy atom. The Morgan fingerprint density at radius 3 is 1.29 bits per heavy atom. The summed E-state index contributed by atoms with van der Waals surface area (Å²) in [5.74, 6) is -16.9. The van der Waals surface area contributed by atoms with Crippen LogP contribution < -0.4 is 0 Å². The zero-order valence-corrected chi connectivity index (χ0v) is 7.23. The summed E-state index contributed by atoms with van der Waals surface area (Å²) in [6.45, 7) is 0. The second-order valence-electron chi connectivity index (χ2n) is 2.69. The van der Waals surface area contributed by atoms with Gasteiger partial charge in [-0.2, -0.15) is 43.9 Å². The average molecular weight is 282 g/mol. The molecule has 0 spiro atoms. The third-order valence-electron chi connectivity index (χ3n) is 1.35. The molecule has 0 unspecified atom stereocenters. The Hall–Kier alpha value is -1.03. The lowest BCUT2D eigenvalue weighted by molar-refractivity contribution is -0.342. The summed E-state index contributed by atoms with van der Waals surface area (Å²) in [6.07, 6.45) is -15.0. The van der Waals surface area contributed by atoms with Gasteiger partial charge in [-0.1, -0.05) is 0 Å². The normalized spacial score (nSPS) is 16.3. The standard InChI is InChI=1S/C6HF11/c7-2(4(10,11)12)1-3(8,9)5(13,14)6(15,16)17/h1H/b2-1+. The molecule has 0 atom stereocenters. The summed E-state index contributed by atoms with van der Waals surface area (Å²) >= 11 is 0. The minimum absolute atomic E-state index is 2.11. The van der Waals surface area contributed by atoms with E-state index in [1.807, 2.05) is 0 Å². The molecule has 11 heteroatoms. The summed E-state index contributed by atoms with van der Waals surface area (Å²) in [5, 5.41) is 0. The molecule has 0 aliphatic carbocycles. The van der Waals surface area contributed by atoms with E-state index in [0.717, 1.165) is 0 Å². The van der Waals surface area contributed by atoms with Crippen molar-refractivity contribution in [1.82, 2.24) is 0 Å². The largest absolute Gasteiger partial charge is 0.460 e. The predicted octanol–water partition coefficient (Wildman–Crippen LogP) is 4.24. The first-order chi connectivity index (χ1) is 7.13. The van der Waals surface area contributed by atoms with Crippen molar-refractivity contribution < 1.29 is 48.3 Å². The zero-order chi connectivity index (χ0) is 14.3. The molecule has 0 aliphatic heterocycles. The number of allylic oxidation sites excluding steroid dienone is 2. The van der Waals surface area contributed by atoms with Gasteiger partial charge < -0.3 is 0 Å². The van der Waals surface area contributed by atoms with E-state index in [1.165, 1.54) is 0 Å². The van der Waals surface area contributed by atoms with Crippen LogP contribution in [0.15, 0.2) is 11.9 Å². The molecule has 0 heterocycles. The number of halogens is 11. The van der Waals surface area contributed by atoms with Crippen LogP contribution in [0.2, 0.25) is 0 Å². The van der Waals surface area contributed by atoms with E-state index in [2.05, 4.69) is 0 Å². The van der Waals surface area contributed by atoms with Gasteiger partial charge in [-0.15, -0.1) is 0 Å². The summed E-state index contributed by atoms with van der Waals surface area (Å²) < 4.78 is 129. The predicted molar refractivity (Wildman–Crippen MR) is 31.2 cm³/mol. The Balaban J connectivity index is 5.45. The molecular weight excluding hydrogens is 281 g/mol. The van der Waals surface area contributed by atoms with Crippen LogP contribution in [0.5, 0.6) is 0 Å². The monoisotopic (exact) mass is 282 g/mol. The minimum atomic E-state index is -6.82. The lowest BCUT2D eigenvalue weighted by Gasteiger charge is -2.26. The molecule has 102 valence electrons. The molecule has 0 aromatic rings. The minimum Gasteiger partial charge on any atom is -0.202 e. The molecule has 0 amide bonds. The molecule has 0 aromatic carbocycles. The molecule has 0 bridgehead atoms. The van der Waals surface area contributed by atoms with Crippen molar-refractivity contribution in [2.45, 2.75) is 24.2 Å². The zero-order valence-electron chi connectivity index (χ0n) is 7.23. The first-order valence-corrected chi connectivity index (χ1v) is 3.41. The number of hydrogen-bond acceptors (Lipinski definition) is 0. The van der Waals surface area contributed by atoms with Crippen LogP contribution in [0.3, 0.4) is 0 Å². The highest BCUT2D eigenvalue weighted by atomic mass is 19.4. The van der Waals surface area contributed by atoms with Crippen LogP contribution in [0.1, 0.15) is 0 Å². The van der Waals surface area contributed by atoms with Crippen LogP contribution in [0.4, 0.5) is 48.3 Å². The molecule has 0 nitrogen and oxygen atoms in total. The Kier molecular flexibility index (Phi) is 3.77. The third-order valence-corrected chi connectivity index (χ3v) is 1.35. The number of alkyl halides is 10. The molecule has 0 aromatic heterocycles. The summed E-state index contributed by atoms with van der Waals surface area (Å²) in [5.41, 5.74) is 0. The summed E-state index contributed by atoms with van der Waals surface area (Å²) in [7, 11) is 0. The van der Waals surface area contributed by atoms with E-state index in [1.54, 1.807) is 0 Å². The van der Waals surface area contributed by atoms with Gasteiger partial charge in [-0.3, -0.25) is 0 Å². The first-order valence-electron chi connectivity index (χ1n) is 3.41. The number of rotatable bonds is 2. The fourth-order valence-electron chi connectivity index (χ4n) is 0.521. The SMILES string of the molecule is F/C(=C/C(F)(F)C(F)(F)C(F)(F)F)C(F)(F)F. The molecule has 17 heavy (non-hydrogen) atoms. The molecule has 0 saturated heterocycles. The van der Waals surface area contributed by atoms with Gasteiger partial charge in [0.05, 0.1) is 0 Å². The van der Waals surface area contributed by atoms with E-state index in [-0.39, 0.29) is 0 Å². The Morgan fingerprint density at radius 1 is 0.706 bits per heavy atom. The van der Waals surface area contributed by atoms with Gasteiger partial charge >= 0.3 is 24.2 Å². The van der Waals surface area contributed by atoms with E-state index in [9.17, 15) is 48.3 Å². The molecular formula is C6HF11. The maximum Gasteiger partial charge on any atom is 0.460 e. The molecule has 0 aliphatic rings. The van der Waals surface area contributed by atoms with Crippen LogP contribution in [0.25, 0.3) is 0 Å². The van der Waals surface area contributed by atoms with Gasteiger partial charge in [0, 0.05) is 6.08 Å². The van der Waals surface area contributed by atoms with Crippen molar-refractivity contribution in [1.29, 1.82) is 0 Å².